The van der Waals surface area contributed by atoms with Gasteiger partial charge >= 0.3 is 0 Å². The molecular weight excluding hydrogens is 458 g/mol. The normalized spacial score (nSPS) is 16.4. The van der Waals surface area contributed by atoms with E-state index in [4.69, 9.17) is 21.3 Å². The topological polar surface area (TPSA) is 65.9 Å². The van der Waals surface area contributed by atoms with E-state index in [9.17, 15) is 9.90 Å². The molecular formula is C25H30ClN3O3S. The summed E-state index contributed by atoms with van der Waals surface area (Å²) >= 11 is 7.71. The summed E-state index contributed by atoms with van der Waals surface area (Å²) in [6.45, 7) is 5.13. The number of halogens is 1. The lowest BCUT2D eigenvalue weighted by Gasteiger charge is -2.35. The van der Waals surface area contributed by atoms with Crippen LogP contribution in [-0.2, 0) is 11.3 Å². The second kappa shape index (κ2) is 10.8. The summed E-state index contributed by atoms with van der Waals surface area (Å²) < 4.78 is 5.31. The van der Waals surface area contributed by atoms with Crippen LogP contribution < -0.4 is 4.90 Å². The van der Waals surface area contributed by atoms with Crippen molar-refractivity contribution in [3.63, 3.8) is 0 Å². The molecule has 1 amide bonds. The van der Waals surface area contributed by atoms with Crippen LogP contribution in [0.1, 0.15) is 33.6 Å². The van der Waals surface area contributed by atoms with E-state index in [1.54, 1.807) is 7.11 Å². The van der Waals surface area contributed by atoms with Gasteiger partial charge < -0.3 is 19.6 Å². The second-order valence-corrected chi connectivity index (χ2v) is 9.95. The number of amides is 1. The summed E-state index contributed by atoms with van der Waals surface area (Å²) in [5, 5.41) is 13.3. The highest BCUT2D eigenvalue weighted by atomic mass is 35.5. The molecule has 1 N–H and O–H groups in total. The van der Waals surface area contributed by atoms with E-state index in [-0.39, 0.29) is 18.4 Å². The highest BCUT2D eigenvalue weighted by Gasteiger charge is 2.26. The Balaban J connectivity index is 1.73. The van der Waals surface area contributed by atoms with Crippen molar-refractivity contribution in [3.05, 3.63) is 56.7 Å². The first kappa shape index (κ1) is 24.0. The molecule has 4 rings (SSSR count). The first-order valence-corrected chi connectivity index (χ1v) is 12.5. The molecule has 3 heterocycles. The number of aliphatic hydroxyl groups excluding tert-OH is 1. The number of piperidine rings is 1. The Bertz CT molecular complexity index is 1120. The van der Waals surface area contributed by atoms with Gasteiger partial charge in [0.1, 0.15) is 5.82 Å². The summed E-state index contributed by atoms with van der Waals surface area (Å²) in [7, 11) is 1.65. The van der Waals surface area contributed by atoms with E-state index in [0.29, 0.717) is 24.7 Å². The summed E-state index contributed by atoms with van der Waals surface area (Å²) in [5.74, 6) is 1.10. The van der Waals surface area contributed by atoms with Crippen molar-refractivity contribution in [2.45, 2.75) is 26.3 Å². The molecule has 1 aliphatic heterocycles. The van der Waals surface area contributed by atoms with Gasteiger partial charge in [0.05, 0.1) is 17.0 Å². The third-order valence-electron chi connectivity index (χ3n) is 6.18. The van der Waals surface area contributed by atoms with E-state index in [1.165, 1.54) is 11.3 Å². The third-order valence-corrected chi connectivity index (χ3v) is 7.42. The quantitative estimate of drug-likeness (QED) is 0.496. The van der Waals surface area contributed by atoms with Crippen LogP contribution >= 0.6 is 22.9 Å². The number of thiophene rings is 1. The van der Waals surface area contributed by atoms with Crippen LogP contribution in [0.3, 0.4) is 0 Å². The number of nitrogens with zero attached hydrogens (tertiary/aromatic N) is 3. The van der Waals surface area contributed by atoms with Crippen LogP contribution in [0.25, 0.3) is 10.9 Å². The average molecular weight is 488 g/mol. The first-order chi connectivity index (χ1) is 16.0. The van der Waals surface area contributed by atoms with Gasteiger partial charge in [0.25, 0.3) is 5.91 Å². The van der Waals surface area contributed by atoms with Gasteiger partial charge in [-0.3, -0.25) is 4.79 Å². The molecule has 8 heteroatoms. The van der Waals surface area contributed by atoms with E-state index >= 15 is 0 Å². The minimum Gasteiger partial charge on any atom is -0.396 e. The molecule has 2 aromatic heterocycles. The Morgan fingerprint density at radius 3 is 2.94 bits per heavy atom. The number of rotatable bonds is 8. The number of anilines is 1. The second-order valence-electron chi connectivity index (χ2n) is 8.60. The number of fused-ring (bicyclic) bond motifs is 1. The molecule has 1 unspecified atom stereocenters. The fraction of sp³-hybridized carbons (Fsp3) is 0.440. The van der Waals surface area contributed by atoms with Gasteiger partial charge in [0.2, 0.25) is 0 Å². The lowest BCUT2D eigenvalue weighted by molar-refractivity contribution is 0.0684. The Morgan fingerprint density at radius 2 is 2.21 bits per heavy atom. The molecule has 0 aliphatic carbocycles. The molecule has 1 atom stereocenters. The predicted octanol–water partition coefficient (Wildman–Crippen LogP) is 4.76. The number of methoxy groups -OCH3 is 1. The number of aliphatic hydroxyl groups is 1. The third kappa shape index (κ3) is 5.49. The Kier molecular flexibility index (Phi) is 7.86. The molecule has 1 aromatic carbocycles. The van der Waals surface area contributed by atoms with Crippen LogP contribution in [0, 0.1) is 12.8 Å². The standard InChI is InChI=1S/C25H30ClN3O3S/c1-17-7-11-33-23(17)25(31)29(9-10-32-2)15-20-12-19-5-6-21(26)13-22(19)27-24(20)28-8-3-4-18(14-28)16-30/h5-7,11-13,18,30H,3-4,8-10,14-16H2,1-2H3. The molecule has 0 saturated carbocycles. The number of benzene rings is 1. The molecule has 0 radical (unpaired) electrons. The number of pyridine rings is 1. The SMILES string of the molecule is COCCN(Cc1cc2ccc(Cl)cc2nc1N1CCCC(CO)C1)C(=O)c1sccc1C. The van der Waals surface area contributed by atoms with Crippen LogP contribution in [0.4, 0.5) is 5.82 Å². The minimum atomic E-state index is 0.00795. The number of carbonyl (C=O) groups excluding carboxylic acids is 1. The molecule has 0 bridgehead atoms. The zero-order chi connectivity index (χ0) is 23.4. The monoisotopic (exact) mass is 487 g/mol. The number of aryl methyl sites for hydroxylation is 1. The zero-order valence-corrected chi connectivity index (χ0v) is 20.7. The number of carbonyl (C=O) groups is 1. The van der Waals surface area contributed by atoms with Crippen molar-refractivity contribution < 1.29 is 14.6 Å². The van der Waals surface area contributed by atoms with Crippen molar-refractivity contribution >= 4 is 45.6 Å². The van der Waals surface area contributed by atoms with Gasteiger partial charge in [-0.1, -0.05) is 17.7 Å². The Labute approximate surface area is 203 Å². The largest absolute Gasteiger partial charge is 0.396 e. The van der Waals surface area contributed by atoms with Gasteiger partial charge in [0, 0.05) is 55.9 Å². The number of aromatic nitrogens is 1. The molecule has 33 heavy (non-hydrogen) atoms. The predicted molar refractivity (Wildman–Crippen MR) is 134 cm³/mol. The molecule has 1 fully saturated rings. The van der Waals surface area contributed by atoms with Gasteiger partial charge in [0.15, 0.2) is 0 Å². The maximum absolute atomic E-state index is 13.4. The van der Waals surface area contributed by atoms with Crippen LogP contribution in [-0.4, -0.2) is 60.9 Å². The summed E-state index contributed by atoms with van der Waals surface area (Å²) in [4.78, 5) is 23.3. The van der Waals surface area contributed by atoms with E-state index < -0.39 is 0 Å². The molecule has 1 aliphatic rings. The lowest BCUT2D eigenvalue weighted by atomic mass is 9.98. The van der Waals surface area contributed by atoms with Crippen molar-refractivity contribution in [2.24, 2.45) is 5.92 Å². The highest BCUT2D eigenvalue weighted by molar-refractivity contribution is 7.12. The van der Waals surface area contributed by atoms with Crippen LogP contribution in [0.5, 0.6) is 0 Å². The van der Waals surface area contributed by atoms with Crippen molar-refractivity contribution in [1.29, 1.82) is 0 Å². The van der Waals surface area contributed by atoms with Gasteiger partial charge in [-0.25, -0.2) is 4.98 Å². The average Bonchev–Trinajstić information content (AvgIpc) is 3.26. The smallest absolute Gasteiger partial charge is 0.264 e. The van der Waals surface area contributed by atoms with Crippen molar-refractivity contribution in [1.82, 2.24) is 9.88 Å². The van der Waals surface area contributed by atoms with Gasteiger partial charge in [-0.2, -0.15) is 0 Å². The summed E-state index contributed by atoms with van der Waals surface area (Å²) in [5.41, 5.74) is 2.80. The molecule has 1 saturated heterocycles. The lowest BCUT2D eigenvalue weighted by Crippen LogP contribution is -2.39. The van der Waals surface area contributed by atoms with Crippen LogP contribution in [0.15, 0.2) is 35.7 Å². The number of ether oxygens (including phenoxy) is 1. The van der Waals surface area contributed by atoms with E-state index in [1.807, 2.05) is 41.5 Å². The number of hydrogen-bond acceptors (Lipinski definition) is 6. The van der Waals surface area contributed by atoms with Crippen LogP contribution in [0.2, 0.25) is 5.02 Å². The Morgan fingerprint density at radius 1 is 1.36 bits per heavy atom. The van der Waals surface area contributed by atoms with Gasteiger partial charge in [-0.05, 0) is 60.9 Å². The Hall–Kier alpha value is -2.19. The highest BCUT2D eigenvalue weighted by Crippen LogP contribution is 2.30. The maximum atomic E-state index is 13.4. The van der Waals surface area contributed by atoms with Gasteiger partial charge in [-0.15, -0.1) is 11.3 Å². The maximum Gasteiger partial charge on any atom is 0.264 e. The number of hydrogen-bond donors (Lipinski definition) is 1. The zero-order valence-electron chi connectivity index (χ0n) is 19.1. The van der Waals surface area contributed by atoms with E-state index in [0.717, 1.165) is 58.7 Å². The van der Waals surface area contributed by atoms with Crippen molar-refractivity contribution in [2.75, 3.05) is 44.9 Å². The molecule has 6 nitrogen and oxygen atoms in total. The summed E-state index contributed by atoms with van der Waals surface area (Å²) in [6, 6.07) is 9.79. The first-order valence-electron chi connectivity index (χ1n) is 11.3. The molecule has 0 spiro atoms. The molecule has 176 valence electrons. The van der Waals surface area contributed by atoms with E-state index in [2.05, 4.69) is 11.0 Å². The fourth-order valence-corrected chi connectivity index (χ4v) is 5.42. The fourth-order valence-electron chi connectivity index (χ4n) is 4.37. The van der Waals surface area contributed by atoms with Crippen molar-refractivity contribution in [3.8, 4) is 0 Å². The summed E-state index contributed by atoms with van der Waals surface area (Å²) in [6.07, 6.45) is 2.01. The molecule has 3 aromatic rings. The minimum absolute atomic E-state index is 0.00795.